The van der Waals surface area contributed by atoms with E-state index in [0.717, 1.165) is 5.56 Å². The monoisotopic (exact) mass is 316 g/mol. The van der Waals surface area contributed by atoms with E-state index < -0.39 is 17.9 Å². The summed E-state index contributed by atoms with van der Waals surface area (Å²) in [6.45, 7) is 0.0748. The molecule has 0 spiro atoms. The van der Waals surface area contributed by atoms with Gasteiger partial charge in [-0.3, -0.25) is 10.1 Å². The van der Waals surface area contributed by atoms with Crippen molar-refractivity contribution in [3.8, 4) is 0 Å². The molecule has 1 aromatic heterocycles. The van der Waals surface area contributed by atoms with Crippen molar-refractivity contribution in [3.05, 3.63) is 60.0 Å². The number of hydrogen-bond donors (Lipinski definition) is 3. The fourth-order valence-electron chi connectivity index (χ4n) is 1.99. The molecule has 7 heteroatoms. The van der Waals surface area contributed by atoms with Crippen LogP contribution in [0.1, 0.15) is 5.56 Å². The Hall–Kier alpha value is -2.96. The van der Waals surface area contributed by atoms with Crippen LogP contribution in [0.15, 0.2) is 48.7 Å². The molecule has 0 radical (unpaired) electrons. The van der Waals surface area contributed by atoms with E-state index >= 15 is 0 Å². The molecule has 0 saturated carbocycles. The van der Waals surface area contributed by atoms with Gasteiger partial charge in [0.15, 0.2) is 0 Å². The molecule has 23 heavy (non-hydrogen) atoms. The Labute approximate surface area is 132 Å². The van der Waals surface area contributed by atoms with Gasteiger partial charge in [-0.15, -0.1) is 0 Å². The highest BCUT2D eigenvalue weighted by molar-refractivity contribution is 5.88. The highest BCUT2D eigenvalue weighted by atomic mass is 19.1. The largest absolute Gasteiger partial charge is 0.369 e. The molecule has 0 aliphatic rings. The van der Waals surface area contributed by atoms with E-state index in [1.165, 1.54) is 12.1 Å². The zero-order valence-electron chi connectivity index (χ0n) is 12.3. The lowest BCUT2D eigenvalue weighted by atomic mass is 9.98. The molecule has 2 aromatic rings. The van der Waals surface area contributed by atoms with Gasteiger partial charge in [0.2, 0.25) is 5.91 Å². The first kappa shape index (κ1) is 16.4. The number of nitrogens with zero attached hydrogens (tertiary/aromatic N) is 1. The van der Waals surface area contributed by atoms with Crippen LogP contribution in [-0.4, -0.2) is 23.5 Å². The van der Waals surface area contributed by atoms with Crippen molar-refractivity contribution in [2.24, 2.45) is 11.7 Å². The molecule has 2 rings (SSSR count). The Balaban J connectivity index is 1.88. The predicted molar refractivity (Wildman–Crippen MR) is 84.0 cm³/mol. The maximum Gasteiger partial charge on any atom is 0.320 e. The summed E-state index contributed by atoms with van der Waals surface area (Å²) in [5.41, 5.74) is 6.12. The number of amides is 3. The molecule has 1 aromatic carbocycles. The molecule has 120 valence electrons. The number of aromatic nitrogens is 1. The molecule has 0 bridgehead atoms. The summed E-state index contributed by atoms with van der Waals surface area (Å²) in [6, 6.07) is 10.4. The number of urea groups is 1. The van der Waals surface area contributed by atoms with Crippen LogP contribution < -0.4 is 16.4 Å². The second kappa shape index (κ2) is 7.88. The number of anilines is 1. The predicted octanol–water partition coefficient (Wildman–Crippen LogP) is 1.69. The first-order valence-corrected chi connectivity index (χ1v) is 7.04. The zero-order valence-corrected chi connectivity index (χ0v) is 12.3. The van der Waals surface area contributed by atoms with Gasteiger partial charge in [0.25, 0.3) is 0 Å². The van der Waals surface area contributed by atoms with Gasteiger partial charge in [-0.25, -0.2) is 14.2 Å². The van der Waals surface area contributed by atoms with E-state index in [4.69, 9.17) is 5.73 Å². The van der Waals surface area contributed by atoms with E-state index in [2.05, 4.69) is 15.6 Å². The van der Waals surface area contributed by atoms with Crippen molar-refractivity contribution in [2.45, 2.75) is 6.42 Å². The third-order valence-corrected chi connectivity index (χ3v) is 3.21. The van der Waals surface area contributed by atoms with Crippen molar-refractivity contribution < 1.29 is 14.0 Å². The molecule has 1 unspecified atom stereocenters. The Morgan fingerprint density at radius 1 is 1.17 bits per heavy atom. The number of nitrogens with one attached hydrogen (secondary N) is 2. The molecule has 0 fully saturated rings. The van der Waals surface area contributed by atoms with Crippen LogP contribution in [0.5, 0.6) is 0 Å². The van der Waals surface area contributed by atoms with Gasteiger partial charge in [0, 0.05) is 12.7 Å². The quantitative estimate of drug-likeness (QED) is 0.756. The highest BCUT2D eigenvalue weighted by Gasteiger charge is 2.17. The van der Waals surface area contributed by atoms with Crippen LogP contribution in [0.4, 0.5) is 15.0 Å². The van der Waals surface area contributed by atoms with Gasteiger partial charge in [0.05, 0.1) is 5.92 Å². The summed E-state index contributed by atoms with van der Waals surface area (Å²) in [4.78, 5) is 27.2. The Morgan fingerprint density at radius 2 is 1.91 bits per heavy atom. The van der Waals surface area contributed by atoms with Crippen LogP contribution in [0.2, 0.25) is 0 Å². The van der Waals surface area contributed by atoms with E-state index in [9.17, 15) is 14.0 Å². The maximum absolute atomic E-state index is 12.9. The van der Waals surface area contributed by atoms with Gasteiger partial charge in [-0.1, -0.05) is 18.2 Å². The van der Waals surface area contributed by atoms with Crippen LogP contribution in [0.3, 0.4) is 0 Å². The Bertz CT molecular complexity index is 662. The fourth-order valence-corrected chi connectivity index (χ4v) is 1.99. The molecule has 1 heterocycles. The lowest BCUT2D eigenvalue weighted by Crippen LogP contribution is -2.39. The summed E-state index contributed by atoms with van der Waals surface area (Å²) < 4.78 is 12.9. The van der Waals surface area contributed by atoms with E-state index in [0.29, 0.717) is 12.2 Å². The highest BCUT2D eigenvalue weighted by Crippen LogP contribution is 2.10. The summed E-state index contributed by atoms with van der Waals surface area (Å²) in [6.07, 6.45) is 1.87. The number of primary amides is 1. The van der Waals surface area contributed by atoms with Crippen LogP contribution >= 0.6 is 0 Å². The molecule has 4 N–H and O–H groups in total. The molecule has 0 aliphatic carbocycles. The van der Waals surface area contributed by atoms with Crippen LogP contribution in [0, 0.1) is 11.7 Å². The lowest BCUT2D eigenvalue weighted by molar-refractivity contribution is -0.121. The standard InChI is InChI=1S/C16H17FN4O2/c17-13-6-4-11(5-7-13)9-12(15(18)22)10-20-16(23)21-14-3-1-2-8-19-14/h1-8,12H,9-10H2,(H2,18,22)(H2,19,20,21,23). The molecule has 0 aliphatic heterocycles. The Morgan fingerprint density at radius 3 is 2.52 bits per heavy atom. The number of benzene rings is 1. The first-order valence-electron chi connectivity index (χ1n) is 7.04. The zero-order chi connectivity index (χ0) is 16.7. The van der Waals surface area contributed by atoms with E-state index in [-0.39, 0.29) is 12.4 Å². The minimum atomic E-state index is -0.588. The van der Waals surface area contributed by atoms with Crippen molar-refractivity contribution in [2.75, 3.05) is 11.9 Å². The van der Waals surface area contributed by atoms with Crippen molar-refractivity contribution in [3.63, 3.8) is 0 Å². The first-order chi connectivity index (χ1) is 11.0. The normalized spacial score (nSPS) is 11.5. The van der Waals surface area contributed by atoms with E-state index in [1.54, 1.807) is 36.5 Å². The molecule has 6 nitrogen and oxygen atoms in total. The third-order valence-electron chi connectivity index (χ3n) is 3.21. The molecule has 0 saturated heterocycles. The minimum Gasteiger partial charge on any atom is -0.369 e. The number of hydrogen-bond acceptors (Lipinski definition) is 3. The smallest absolute Gasteiger partial charge is 0.320 e. The summed E-state index contributed by atoms with van der Waals surface area (Å²) in [5, 5.41) is 5.12. The average molecular weight is 316 g/mol. The van der Waals surface area contributed by atoms with E-state index in [1.807, 2.05) is 0 Å². The maximum atomic E-state index is 12.9. The number of rotatable bonds is 6. The second-order valence-electron chi connectivity index (χ2n) is 4.98. The summed E-state index contributed by atoms with van der Waals surface area (Å²) in [5.74, 6) is -1.07. The van der Waals surface area contributed by atoms with Crippen LogP contribution in [0.25, 0.3) is 0 Å². The fraction of sp³-hybridized carbons (Fsp3) is 0.188. The molecule has 1 atom stereocenters. The van der Waals surface area contributed by atoms with Gasteiger partial charge in [-0.05, 0) is 36.2 Å². The molecular formula is C16H17FN4O2. The van der Waals surface area contributed by atoms with Gasteiger partial charge < -0.3 is 11.1 Å². The summed E-state index contributed by atoms with van der Waals surface area (Å²) >= 11 is 0. The SMILES string of the molecule is NC(=O)C(CNC(=O)Nc1ccccn1)Cc1ccc(F)cc1. The number of halogens is 1. The second-order valence-corrected chi connectivity index (χ2v) is 4.98. The molecular weight excluding hydrogens is 299 g/mol. The Kier molecular flexibility index (Phi) is 5.62. The van der Waals surface area contributed by atoms with Gasteiger partial charge in [-0.2, -0.15) is 0 Å². The molecule has 3 amide bonds. The lowest BCUT2D eigenvalue weighted by Gasteiger charge is -2.14. The van der Waals surface area contributed by atoms with Crippen molar-refractivity contribution >= 4 is 17.8 Å². The minimum absolute atomic E-state index is 0.0748. The van der Waals surface area contributed by atoms with Crippen LogP contribution in [-0.2, 0) is 11.2 Å². The number of pyridine rings is 1. The number of carbonyl (C=O) groups excluding carboxylic acids is 2. The number of carbonyl (C=O) groups is 2. The third kappa shape index (κ3) is 5.39. The van der Waals surface area contributed by atoms with Crippen molar-refractivity contribution in [1.82, 2.24) is 10.3 Å². The van der Waals surface area contributed by atoms with Gasteiger partial charge >= 0.3 is 6.03 Å². The van der Waals surface area contributed by atoms with Crippen molar-refractivity contribution in [1.29, 1.82) is 0 Å². The van der Waals surface area contributed by atoms with Gasteiger partial charge in [0.1, 0.15) is 11.6 Å². The summed E-state index contributed by atoms with van der Waals surface area (Å²) in [7, 11) is 0. The average Bonchev–Trinajstić information content (AvgIpc) is 2.54. The number of nitrogens with two attached hydrogens (primary N) is 1. The topological polar surface area (TPSA) is 97.1 Å².